The van der Waals surface area contributed by atoms with Crippen LogP contribution in [0.4, 0.5) is 5.82 Å². The Labute approximate surface area is 191 Å². The Morgan fingerprint density at radius 1 is 1.15 bits per heavy atom. The number of carbonyl (C=O) groups excluding carboxylic acids is 1. The average Bonchev–Trinajstić information content (AvgIpc) is 3.43. The van der Waals surface area contributed by atoms with Gasteiger partial charge in [-0.15, -0.1) is 0 Å². The van der Waals surface area contributed by atoms with Crippen molar-refractivity contribution in [3.63, 3.8) is 0 Å². The van der Waals surface area contributed by atoms with Gasteiger partial charge in [0.15, 0.2) is 5.69 Å². The predicted molar refractivity (Wildman–Crippen MR) is 124 cm³/mol. The van der Waals surface area contributed by atoms with E-state index in [2.05, 4.69) is 25.8 Å². The number of aryl methyl sites for hydroxylation is 2. The van der Waals surface area contributed by atoms with Gasteiger partial charge in [0, 0.05) is 42.8 Å². The summed E-state index contributed by atoms with van der Waals surface area (Å²) in [6.45, 7) is 2.92. The van der Waals surface area contributed by atoms with Crippen molar-refractivity contribution in [3.05, 3.63) is 84.1 Å². The van der Waals surface area contributed by atoms with Crippen LogP contribution in [0.15, 0.2) is 67.1 Å². The van der Waals surface area contributed by atoms with E-state index in [1.165, 1.54) is 0 Å². The largest absolute Gasteiger partial charge is 0.309 e. The Morgan fingerprint density at radius 3 is 2.61 bits per heavy atom. The van der Waals surface area contributed by atoms with E-state index in [1.54, 1.807) is 33.9 Å². The maximum atomic E-state index is 13.1. The Bertz CT molecular complexity index is 1270. The normalized spacial score (nSPS) is 11.7. The molecule has 0 fully saturated rings. The summed E-state index contributed by atoms with van der Waals surface area (Å²) < 4.78 is 3.48. The third kappa shape index (κ3) is 5.31. The Morgan fingerprint density at radius 2 is 1.97 bits per heavy atom. The van der Waals surface area contributed by atoms with Crippen LogP contribution in [0.25, 0.3) is 11.1 Å². The third-order valence-corrected chi connectivity index (χ3v) is 5.22. The lowest BCUT2D eigenvalue weighted by Gasteiger charge is -2.19. The van der Waals surface area contributed by atoms with E-state index in [4.69, 9.17) is 5.26 Å². The molecule has 0 radical (unpaired) electrons. The molecule has 3 aromatic heterocycles. The lowest BCUT2D eigenvalue weighted by Crippen LogP contribution is -2.35. The van der Waals surface area contributed by atoms with E-state index in [0.717, 1.165) is 22.4 Å². The van der Waals surface area contributed by atoms with Crippen molar-refractivity contribution in [1.29, 1.82) is 5.26 Å². The number of nitriles is 1. The van der Waals surface area contributed by atoms with Crippen LogP contribution in [0.3, 0.4) is 0 Å². The van der Waals surface area contributed by atoms with Gasteiger partial charge in [-0.05, 0) is 30.7 Å². The van der Waals surface area contributed by atoms with Crippen LogP contribution < -0.4 is 10.6 Å². The number of carbonyl (C=O) groups is 1. The van der Waals surface area contributed by atoms with Gasteiger partial charge in [-0.25, -0.2) is 4.98 Å². The Balaban J connectivity index is 1.44. The number of hydrogen-bond donors (Lipinski definition) is 2. The molecule has 4 rings (SSSR count). The van der Waals surface area contributed by atoms with Crippen LogP contribution in [0, 0.1) is 18.3 Å². The first-order chi connectivity index (χ1) is 16.0. The second-order valence-corrected chi connectivity index (χ2v) is 7.63. The SMILES string of the molecule is Cc1cc(C#N)nn1CCN[C@@H](C(=O)Nc1ccc(-c2cnn(C)c2)cn1)c1ccccc1. The lowest BCUT2D eigenvalue weighted by atomic mass is 10.1. The van der Waals surface area contributed by atoms with E-state index < -0.39 is 6.04 Å². The number of amides is 1. The molecule has 1 aromatic carbocycles. The number of aromatic nitrogens is 5. The van der Waals surface area contributed by atoms with E-state index in [1.807, 2.05) is 62.6 Å². The van der Waals surface area contributed by atoms with E-state index in [0.29, 0.717) is 24.6 Å². The molecule has 33 heavy (non-hydrogen) atoms. The van der Waals surface area contributed by atoms with E-state index in [-0.39, 0.29) is 5.91 Å². The highest BCUT2D eigenvalue weighted by molar-refractivity contribution is 5.94. The summed E-state index contributed by atoms with van der Waals surface area (Å²) in [7, 11) is 1.86. The Kier molecular flexibility index (Phi) is 6.57. The first-order valence-electron chi connectivity index (χ1n) is 10.5. The van der Waals surface area contributed by atoms with Gasteiger partial charge >= 0.3 is 0 Å². The van der Waals surface area contributed by atoms with Gasteiger partial charge in [-0.1, -0.05) is 30.3 Å². The molecule has 4 aromatic rings. The summed E-state index contributed by atoms with van der Waals surface area (Å²) in [6.07, 6.45) is 5.39. The second-order valence-electron chi connectivity index (χ2n) is 7.63. The summed E-state index contributed by atoms with van der Waals surface area (Å²) in [6, 6.07) is 16.4. The highest BCUT2D eigenvalue weighted by atomic mass is 16.2. The van der Waals surface area contributed by atoms with Crippen LogP contribution in [0.5, 0.6) is 0 Å². The summed E-state index contributed by atoms with van der Waals surface area (Å²) in [5, 5.41) is 23.6. The first kappa shape index (κ1) is 21.9. The number of pyridine rings is 1. The minimum Gasteiger partial charge on any atom is -0.309 e. The zero-order valence-electron chi connectivity index (χ0n) is 18.4. The fraction of sp³-hybridized carbons (Fsp3) is 0.208. The molecule has 0 aliphatic carbocycles. The van der Waals surface area contributed by atoms with Crippen molar-refractivity contribution in [2.75, 3.05) is 11.9 Å². The van der Waals surface area contributed by atoms with Crippen molar-refractivity contribution in [1.82, 2.24) is 29.9 Å². The van der Waals surface area contributed by atoms with E-state index >= 15 is 0 Å². The molecule has 2 N–H and O–H groups in total. The van der Waals surface area contributed by atoms with Crippen molar-refractivity contribution in [3.8, 4) is 17.2 Å². The quantitative estimate of drug-likeness (QED) is 0.436. The minimum absolute atomic E-state index is 0.210. The molecule has 0 aliphatic heterocycles. The van der Waals surface area contributed by atoms with Gasteiger partial charge in [0.1, 0.15) is 17.9 Å². The van der Waals surface area contributed by atoms with Gasteiger partial charge in [-0.2, -0.15) is 15.5 Å². The fourth-order valence-electron chi connectivity index (χ4n) is 3.52. The summed E-state index contributed by atoms with van der Waals surface area (Å²) >= 11 is 0. The molecule has 3 heterocycles. The molecule has 9 heteroatoms. The monoisotopic (exact) mass is 440 g/mol. The van der Waals surface area contributed by atoms with Crippen LogP contribution in [0.1, 0.15) is 23.0 Å². The Hall–Kier alpha value is -4.29. The number of anilines is 1. The van der Waals surface area contributed by atoms with Gasteiger partial charge in [-0.3, -0.25) is 14.2 Å². The average molecular weight is 441 g/mol. The summed E-state index contributed by atoms with van der Waals surface area (Å²) in [5.41, 5.74) is 4.00. The highest BCUT2D eigenvalue weighted by Crippen LogP contribution is 2.20. The van der Waals surface area contributed by atoms with Crippen molar-refractivity contribution < 1.29 is 4.79 Å². The second kappa shape index (κ2) is 9.89. The summed E-state index contributed by atoms with van der Waals surface area (Å²) in [5.74, 6) is 0.259. The molecule has 9 nitrogen and oxygen atoms in total. The third-order valence-electron chi connectivity index (χ3n) is 5.22. The molecule has 1 amide bonds. The zero-order valence-corrected chi connectivity index (χ0v) is 18.4. The molecule has 0 aliphatic rings. The minimum atomic E-state index is -0.572. The molecular weight excluding hydrogens is 416 g/mol. The van der Waals surface area contributed by atoms with Crippen LogP contribution in [-0.4, -0.2) is 37.0 Å². The van der Waals surface area contributed by atoms with Crippen LogP contribution in [-0.2, 0) is 18.4 Å². The highest BCUT2D eigenvalue weighted by Gasteiger charge is 2.20. The van der Waals surface area contributed by atoms with Crippen LogP contribution in [0.2, 0.25) is 0 Å². The van der Waals surface area contributed by atoms with Gasteiger partial charge in [0.2, 0.25) is 5.91 Å². The van der Waals surface area contributed by atoms with E-state index in [9.17, 15) is 4.79 Å². The molecule has 166 valence electrons. The molecule has 0 bridgehead atoms. The number of benzene rings is 1. The van der Waals surface area contributed by atoms with Crippen LogP contribution >= 0.6 is 0 Å². The zero-order chi connectivity index (χ0) is 23.2. The maximum Gasteiger partial charge on any atom is 0.247 e. The molecule has 0 unspecified atom stereocenters. The maximum absolute atomic E-state index is 13.1. The molecule has 0 saturated heterocycles. The smallest absolute Gasteiger partial charge is 0.247 e. The first-order valence-corrected chi connectivity index (χ1v) is 10.5. The fourth-order valence-corrected chi connectivity index (χ4v) is 3.52. The van der Waals surface area contributed by atoms with Crippen molar-refractivity contribution in [2.45, 2.75) is 19.5 Å². The number of nitrogens with one attached hydrogen (secondary N) is 2. The van der Waals surface area contributed by atoms with Gasteiger partial charge in [0.25, 0.3) is 0 Å². The van der Waals surface area contributed by atoms with Gasteiger partial charge < -0.3 is 10.6 Å². The number of hydrogen-bond acceptors (Lipinski definition) is 6. The topological polar surface area (TPSA) is 113 Å². The predicted octanol–water partition coefficient (Wildman–Crippen LogP) is 2.83. The molecular formula is C24H24N8O. The van der Waals surface area contributed by atoms with Crippen molar-refractivity contribution >= 4 is 11.7 Å². The van der Waals surface area contributed by atoms with Crippen molar-refractivity contribution in [2.24, 2.45) is 7.05 Å². The number of rotatable bonds is 8. The molecule has 0 saturated carbocycles. The standard InChI is InChI=1S/C24H24N8O/c1-17-12-21(13-25)30-32(17)11-10-26-23(18-6-4-3-5-7-18)24(33)29-22-9-8-19(14-27-22)20-15-28-31(2)16-20/h3-9,12,14-16,23,26H,10-11H2,1-2H3,(H,27,29,33)/t23-/m1/s1. The number of nitrogens with zero attached hydrogens (tertiary/aromatic N) is 6. The van der Waals surface area contributed by atoms with Gasteiger partial charge in [0.05, 0.1) is 12.7 Å². The molecule has 0 spiro atoms. The molecule has 1 atom stereocenters. The lowest BCUT2D eigenvalue weighted by molar-refractivity contribution is -0.118. The summed E-state index contributed by atoms with van der Waals surface area (Å²) in [4.78, 5) is 17.5.